The number of hydrogen-bond acceptors (Lipinski definition) is 6. The molecule has 1 unspecified atom stereocenters. The standard InChI is InChI=1S/C15H15ClN2O5S/c16-12-2-1-3-13(15(12)19)24(20,21)18-10-4-5-14(17-8-10)23-11-6-7-22-9-11/h1-5,8,11,18-19H,6-7,9H2. The normalized spacial score (nSPS) is 17.6. The monoisotopic (exact) mass is 370 g/mol. The number of phenolic OH excluding ortho intramolecular Hbond substituents is 1. The number of aromatic hydroxyl groups is 1. The number of aromatic nitrogens is 1. The van der Waals surface area contributed by atoms with Crippen LogP contribution in [0.15, 0.2) is 41.4 Å². The summed E-state index contributed by atoms with van der Waals surface area (Å²) in [4.78, 5) is 3.76. The van der Waals surface area contributed by atoms with E-state index in [1.165, 1.54) is 30.5 Å². The Bertz CT molecular complexity index is 820. The predicted octanol–water partition coefficient (Wildman–Crippen LogP) is 2.41. The van der Waals surface area contributed by atoms with E-state index in [1.54, 1.807) is 6.07 Å². The highest BCUT2D eigenvalue weighted by atomic mass is 35.5. The van der Waals surface area contributed by atoms with Gasteiger partial charge in [0, 0.05) is 12.5 Å². The molecule has 0 bridgehead atoms. The summed E-state index contributed by atoms with van der Waals surface area (Å²) >= 11 is 5.74. The van der Waals surface area contributed by atoms with Gasteiger partial charge in [0.1, 0.15) is 11.0 Å². The highest BCUT2D eigenvalue weighted by Crippen LogP contribution is 2.31. The molecule has 2 heterocycles. The second kappa shape index (κ2) is 6.84. The molecule has 9 heteroatoms. The first kappa shape index (κ1) is 16.8. The Labute approximate surface area is 144 Å². The molecule has 2 N–H and O–H groups in total. The lowest BCUT2D eigenvalue weighted by atomic mass is 10.3. The molecule has 128 valence electrons. The van der Waals surface area contributed by atoms with Crippen LogP contribution in [0.1, 0.15) is 6.42 Å². The highest BCUT2D eigenvalue weighted by molar-refractivity contribution is 7.92. The van der Waals surface area contributed by atoms with Crippen molar-refractivity contribution >= 4 is 27.3 Å². The minimum Gasteiger partial charge on any atom is -0.505 e. The van der Waals surface area contributed by atoms with Crippen molar-refractivity contribution in [3.05, 3.63) is 41.6 Å². The van der Waals surface area contributed by atoms with Gasteiger partial charge in [-0.25, -0.2) is 13.4 Å². The Hall–Kier alpha value is -2.03. The van der Waals surface area contributed by atoms with Crippen molar-refractivity contribution in [2.24, 2.45) is 0 Å². The molecule has 1 aliphatic heterocycles. The molecule has 1 aromatic carbocycles. The van der Waals surface area contributed by atoms with Crippen LogP contribution in [0.25, 0.3) is 0 Å². The molecular weight excluding hydrogens is 356 g/mol. The van der Waals surface area contributed by atoms with Crippen LogP contribution in [-0.4, -0.2) is 37.8 Å². The average Bonchev–Trinajstić information content (AvgIpc) is 3.04. The van der Waals surface area contributed by atoms with Gasteiger partial charge in [-0.05, 0) is 18.2 Å². The van der Waals surface area contributed by atoms with Crippen molar-refractivity contribution in [2.45, 2.75) is 17.4 Å². The average molecular weight is 371 g/mol. The molecule has 3 rings (SSSR count). The largest absolute Gasteiger partial charge is 0.505 e. The van der Waals surface area contributed by atoms with Gasteiger partial charge >= 0.3 is 0 Å². The molecule has 1 fully saturated rings. The third kappa shape index (κ3) is 3.72. The lowest BCUT2D eigenvalue weighted by molar-refractivity contribution is 0.138. The second-order valence-electron chi connectivity index (χ2n) is 5.18. The van der Waals surface area contributed by atoms with Gasteiger partial charge in [0.25, 0.3) is 10.0 Å². The summed E-state index contributed by atoms with van der Waals surface area (Å²) in [6.45, 7) is 1.18. The van der Waals surface area contributed by atoms with Gasteiger partial charge in [-0.2, -0.15) is 0 Å². The molecule has 2 aromatic rings. The quantitative estimate of drug-likeness (QED) is 0.838. The Kier molecular flexibility index (Phi) is 4.79. The summed E-state index contributed by atoms with van der Waals surface area (Å²) in [5, 5.41) is 9.77. The predicted molar refractivity (Wildman–Crippen MR) is 88.0 cm³/mol. The first-order valence-corrected chi connectivity index (χ1v) is 9.02. The lowest BCUT2D eigenvalue weighted by Crippen LogP contribution is -2.17. The molecule has 0 radical (unpaired) electrons. The molecule has 0 spiro atoms. The van der Waals surface area contributed by atoms with Gasteiger partial charge in [-0.15, -0.1) is 0 Å². The zero-order valence-corrected chi connectivity index (χ0v) is 14.0. The molecule has 7 nitrogen and oxygen atoms in total. The van der Waals surface area contributed by atoms with Crippen LogP contribution in [-0.2, 0) is 14.8 Å². The minimum absolute atomic E-state index is 0.0385. The van der Waals surface area contributed by atoms with E-state index >= 15 is 0 Å². The molecule has 0 aliphatic carbocycles. The van der Waals surface area contributed by atoms with Gasteiger partial charge in [0.05, 0.1) is 30.1 Å². The van der Waals surface area contributed by atoms with Crippen molar-refractivity contribution in [1.82, 2.24) is 4.98 Å². The zero-order chi connectivity index (χ0) is 17.2. The van der Waals surface area contributed by atoms with E-state index in [0.717, 1.165) is 6.42 Å². The number of nitrogens with one attached hydrogen (secondary N) is 1. The Morgan fingerprint density at radius 2 is 2.17 bits per heavy atom. The van der Waals surface area contributed by atoms with Crippen molar-refractivity contribution in [3.8, 4) is 11.6 Å². The van der Waals surface area contributed by atoms with Gasteiger partial charge in [-0.3, -0.25) is 4.72 Å². The fourth-order valence-corrected chi connectivity index (χ4v) is 3.60. The summed E-state index contributed by atoms with van der Waals surface area (Å²) in [6, 6.07) is 7.19. The lowest BCUT2D eigenvalue weighted by Gasteiger charge is -2.12. The molecular formula is C15H15ClN2O5S. The summed E-state index contributed by atoms with van der Waals surface area (Å²) in [6.07, 6.45) is 2.09. The molecule has 0 amide bonds. The van der Waals surface area contributed by atoms with Crippen LogP contribution in [0.3, 0.4) is 0 Å². The molecule has 0 saturated carbocycles. The number of nitrogens with zero attached hydrogens (tertiary/aromatic N) is 1. The first-order chi connectivity index (χ1) is 11.5. The van der Waals surface area contributed by atoms with E-state index in [4.69, 9.17) is 21.1 Å². The number of benzene rings is 1. The molecule has 1 saturated heterocycles. The number of hydrogen-bond donors (Lipinski definition) is 2. The van der Waals surface area contributed by atoms with Crippen LogP contribution in [0.2, 0.25) is 5.02 Å². The van der Waals surface area contributed by atoms with Gasteiger partial charge in [0.2, 0.25) is 5.88 Å². The van der Waals surface area contributed by atoms with Crippen LogP contribution in [0.4, 0.5) is 5.69 Å². The topological polar surface area (TPSA) is 97.8 Å². The number of ether oxygens (including phenoxy) is 2. The third-order valence-corrected chi connectivity index (χ3v) is 5.12. The number of halogens is 1. The number of sulfonamides is 1. The maximum absolute atomic E-state index is 12.3. The van der Waals surface area contributed by atoms with E-state index < -0.39 is 15.8 Å². The maximum Gasteiger partial charge on any atom is 0.265 e. The summed E-state index contributed by atoms with van der Waals surface area (Å²) < 4.78 is 37.8. The first-order valence-electron chi connectivity index (χ1n) is 7.16. The Balaban J connectivity index is 1.74. The van der Waals surface area contributed by atoms with E-state index in [2.05, 4.69) is 9.71 Å². The summed E-state index contributed by atoms with van der Waals surface area (Å²) in [7, 11) is -3.99. The van der Waals surface area contributed by atoms with E-state index in [0.29, 0.717) is 19.1 Å². The number of pyridine rings is 1. The number of phenols is 1. The van der Waals surface area contributed by atoms with Gasteiger partial charge in [0.15, 0.2) is 5.75 Å². The number of anilines is 1. The minimum atomic E-state index is -3.99. The van der Waals surface area contributed by atoms with Gasteiger partial charge < -0.3 is 14.6 Å². The number of rotatable bonds is 5. The fourth-order valence-electron chi connectivity index (χ4n) is 2.21. The smallest absolute Gasteiger partial charge is 0.265 e. The van der Waals surface area contributed by atoms with Crippen LogP contribution >= 0.6 is 11.6 Å². The molecule has 1 atom stereocenters. The van der Waals surface area contributed by atoms with Crippen LogP contribution < -0.4 is 9.46 Å². The number of para-hydroxylation sites is 1. The van der Waals surface area contributed by atoms with Crippen molar-refractivity contribution in [2.75, 3.05) is 17.9 Å². The van der Waals surface area contributed by atoms with Crippen molar-refractivity contribution < 1.29 is 23.0 Å². The van der Waals surface area contributed by atoms with E-state index in [9.17, 15) is 13.5 Å². The van der Waals surface area contributed by atoms with Crippen LogP contribution in [0.5, 0.6) is 11.6 Å². The summed E-state index contributed by atoms with van der Waals surface area (Å²) in [5.74, 6) is -0.111. The zero-order valence-electron chi connectivity index (χ0n) is 12.5. The van der Waals surface area contributed by atoms with Crippen molar-refractivity contribution in [3.63, 3.8) is 0 Å². The Morgan fingerprint density at radius 3 is 2.83 bits per heavy atom. The summed E-state index contributed by atoms with van der Waals surface area (Å²) in [5.41, 5.74) is 0.240. The Morgan fingerprint density at radius 1 is 1.33 bits per heavy atom. The molecule has 24 heavy (non-hydrogen) atoms. The van der Waals surface area contributed by atoms with Crippen LogP contribution in [0, 0.1) is 0 Å². The maximum atomic E-state index is 12.3. The molecule has 1 aliphatic rings. The fraction of sp³-hybridized carbons (Fsp3) is 0.267. The SMILES string of the molecule is O=S(=O)(Nc1ccc(OC2CCOC2)nc1)c1cccc(Cl)c1O. The van der Waals surface area contributed by atoms with E-state index in [1.807, 2.05) is 0 Å². The highest BCUT2D eigenvalue weighted by Gasteiger charge is 2.21. The molecule has 1 aromatic heterocycles. The van der Waals surface area contributed by atoms with Crippen molar-refractivity contribution in [1.29, 1.82) is 0 Å². The van der Waals surface area contributed by atoms with Gasteiger partial charge in [-0.1, -0.05) is 17.7 Å². The third-order valence-electron chi connectivity index (χ3n) is 3.40. The second-order valence-corrected chi connectivity index (χ2v) is 7.24. The van der Waals surface area contributed by atoms with E-state index in [-0.39, 0.29) is 21.7 Å².